The summed E-state index contributed by atoms with van der Waals surface area (Å²) in [5.74, 6) is -1.01. The summed E-state index contributed by atoms with van der Waals surface area (Å²) in [6, 6.07) is 19.5. The molecular formula is C31H32F4N2O. The molecule has 1 aliphatic carbocycles. The molecule has 2 N–H and O–H groups in total. The summed E-state index contributed by atoms with van der Waals surface area (Å²) < 4.78 is 52.7. The SMILES string of the molecule is O=C(Nc1ccc(C(F)(F)F)cc1F)C1CCCC(c2ccc(-c3cccc(C4CCCNC4)c3)cc2)C1. The normalized spacial score (nSPS) is 22.2. The lowest BCUT2D eigenvalue weighted by Crippen LogP contribution is -2.28. The van der Waals surface area contributed by atoms with Gasteiger partial charge >= 0.3 is 6.18 Å². The van der Waals surface area contributed by atoms with Gasteiger partial charge < -0.3 is 10.6 Å². The van der Waals surface area contributed by atoms with E-state index in [1.54, 1.807) is 0 Å². The van der Waals surface area contributed by atoms with Crippen molar-refractivity contribution >= 4 is 11.6 Å². The van der Waals surface area contributed by atoms with E-state index in [4.69, 9.17) is 0 Å². The van der Waals surface area contributed by atoms with Gasteiger partial charge in [0.15, 0.2) is 0 Å². The van der Waals surface area contributed by atoms with Gasteiger partial charge in [-0.25, -0.2) is 4.39 Å². The number of amides is 1. The van der Waals surface area contributed by atoms with Gasteiger partial charge in [-0.05, 0) is 90.9 Å². The first-order valence-corrected chi connectivity index (χ1v) is 13.4. The van der Waals surface area contributed by atoms with Crippen LogP contribution in [0.1, 0.15) is 67.1 Å². The van der Waals surface area contributed by atoms with Crippen molar-refractivity contribution in [1.29, 1.82) is 0 Å². The first kappa shape index (κ1) is 26.4. The third-order valence-electron chi connectivity index (χ3n) is 7.97. The third-order valence-corrected chi connectivity index (χ3v) is 7.97. The highest BCUT2D eigenvalue weighted by molar-refractivity contribution is 5.92. The average molecular weight is 525 g/mol. The maximum absolute atomic E-state index is 14.2. The zero-order valence-corrected chi connectivity index (χ0v) is 21.2. The van der Waals surface area contributed by atoms with E-state index in [1.165, 1.54) is 29.5 Å². The first-order valence-electron chi connectivity index (χ1n) is 13.4. The van der Waals surface area contributed by atoms with Crippen LogP contribution in [0.5, 0.6) is 0 Å². The first-order chi connectivity index (χ1) is 18.3. The quantitative estimate of drug-likeness (QED) is 0.333. The topological polar surface area (TPSA) is 41.1 Å². The van der Waals surface area contributed by atoms with E-state index in [-0.39, 0.29) is 23.4 Å². The highest BCUT2D eigenvalue weighted by atomic mass is 19.4. The van der Waals surface area contributed by atoms with Gasteiger partial charge in [-0.2, -0.15) is 13.2 Å². The predicted octanol–water partition coefficient (Wildman–Crippen LogP) is 7.89. The lowest BCUT2D eigenvalue weighted by atomic mass is 9.77. The van der Waals surface area contributed by atoms with Crippen LogP contribution in [0.2, 0.25) is 0 Å². The van der Waals surface area contributed by atoms with Crippen LogP contribution >= 0.6 is 0 Å². The van der Waals surface area contributed by atoms with Crippen LogP contribution in [0.15, 0.2) is 66.7 Å². The molecule has 1 aliphatic heterocycles. The molecule has 0 radical (unpaired) electrons. The number of carbonyl (C=O) groups excluding carboxylic acids is 1. The summed E-state index contributed by atoms with van der Waals surface area (Å²) in [5.41, 5.74) is 3.58. The van der Waals surface area contributed by atoms with Gasteiger partial charge in [0.2, 0.25) is 5.91 Å². The lowest BCUT2D eigenvalue weighted by molar-refractivity contribution is -0.137. The maximum Gasteiger partial charge on any atom is 0.416 e. The van der Waals surface area contributed by atoms with Crippen LogP contribution in [-0.2, 0) is 11.0 Å². The molecule has 2 fully saturated rings. The molecule has 200 valence electrons. The summed E-state index contributed by atoms with van der Waals surface area (Å²) in [6.07, 6.45) is 0.883. The van der Waals surface area contributed by atoms with Crippen molar-refractivity contribution in [2.75, 3.05) is 18.4 Å². The Morgan fingerprint density at radius 2 is 1.63 bits per heavy atom. The molecule has 1 heterocycles. The number of halogens is 4. The second-order valence-electron chi connectivity index (χ2n) is 10.5. The Balaban J connectivity index is 1.23. The number of anilines is 1. The Morgan fingerprint density at radius 1 is 0.842 bits per heavy atom. The molecule has 1 saturated heterocycles. The van der Waals surface area contributed by atoms with Crippen LogP contribution in [0.3, 0.4) is 0 Å². The summed E-state index contributed by atoms with van der Waals surface area (Å²) in [6.45, 7) is 2.11. The van der Waals surface area contributed by atoms with Gasteiger partial charge in [-0.1, -0.05) is 55.0 Å². The Hall–Kier alpha value is -3.19. The molecule has 7 heteroatoms. The van der Waals surface area contributed by atoms with E-state index >= 15 is 0 Å². The third kappa shape index (κ3) is 6.09. The molecule has 3 atom stereocenters. The Bertz CT molecular complexity index is 1270. The minimum absolute atomic E-state index is 0.200. The Morgan fingerprint density at radius 3 is 2.34 bits per heavy atom. The molecular weight excluding hydrogens is 492 g/mol. The molecule has 1 saturated carbocycles. The van der Waals surface area contributed by atoms with Crippen LogP contribution in [0, 0.1) is 11.7 Å². The van der Waals surface area contributed by atoms with E-state index in [2.05, 4.69) is 59.2 Å². The van der Waals surface area contributed by atoms with Gasteiger partial charge in [0.1, 0.15) is 5.82 Å². The van der Waals surface area contributed by atoms with Crippen molar-refractivity contribution in [2.24, 2.45) is 5.92 Å². The van der Waals surface area contributed by atoms with Crippen LogP contribution in [-0.4, -0.2) is 19.0 Å². The minimum atomic E-state index is -4.63. The monoisotopic (exact) mass is 524 g/mol. The fourth-order valence-corrected chi connectivity index (χ4v) is 5.81. The summed E-state index contributed by atoms with van der Waals surface area (Å²) >= 11 is 0. The largest absolute Gasteiger partial charge is 0.416 e. The van der Waals surface area contributed by atoms with Crippen LogP contribution in [0.4, 0.5) is 23.2 Å². The molecule has 3 aromatic carbocycles. The Labute approximate surface area is 220 Å². The van der Waals surface area contributed by atoms with Crippen molar-refractivity contribution in [3.63, 3.8) is 0 Å². The van der Waals surface area contributed by atoms with Crippen LogP contribution in [0.25, 0.3) is 11.1 Å². The number of benzene rings is 3. The van der Waals surface area contributed by atoms with Crippen molar-refractivity contribution in [3.05, 3.63) is 89.2 Å². The van der Waals surface area contributed by atoms with Gasteiger partial charge in [-0.15, -0.1) is 0 Å². The van der Waals surface area contributed by atoms with Crippen molar-refractivity contribution in [1.82, 2.24) is 5.32 Å². The number of piperidine rings is 1. The van der Waals surface area contributed by atoms with Crippen LogP contribution < -0.4 is 10.6 Å². The molecule has 0 spiro atoms. The number of alkyl halides is 3. The summed E-state index contributed by atoms with van der Waals surface area (Å²) in [7, 11) is 0. The van der Waals surface area contributed by atoms with Crippen molar-refractivity contribution in [2.45, 2.75) is 56.5 Å². The molecule has 38 heavy (non-hydrogen) atoms. The summed E-state index contributed by atoms with van der Waals surface area (Å²) in [4.78, 5) is 12.9. The molecule has 0 bridgehead atoms. The highest BCUT2D eigenvalue weighted by Gasteiger charge is 2.32. The van der Waals surface area contributed by atoms with E-state index in [9.17, 15) is 22.4 Å². The number of nitrogens with one attached hydrogen (secondary N) is 2. The molecule has 3 nitrogen and oxygen atoms in total. The van der Waals surface area contributed by atoms with Gasteiger partial charge in [0, 0.05) is 12.5 Å². The number of hydrogen-bond acceptors (Lipinski definition) is 2. The minimum Gasteiger partial charge on any atom is -0.323 e. The number of hydrogen-bond donors (Lipinski definition) is 2. The fourth-order valence-electron chi connectivity index (χ4n) is 5.81. The van der Waals surface area contributed by atoms with E-state index < -0.39 is 17.6 Å². The van der Waals surface area contributed by atoms with Crippen molar-refractivity contribution in [3.8, 4) is 11.1 Å². The second-order valence-corrected chi connectivity index (χ2v) is 10.5. The maximum atomic E-state index is 14.2. The molecule has 3 unspecified atom stereocenters. The highest BCUT2D eigenvalue weighted by Crippen LogP contribution is 2.38. The summed E-state index contributed by atoms with van der Waals surface area (Å²) in [5, 5.41) is 5.99. The van der Waals surface area contributed by atoms with E-state index in [0.717, 1.165) is 43.6 Å². The molecule has 1 amide bonds. The molecule has 5 rings (SSSR count). The molecule has 0 aromatic heterocycles. The van der Waals surface area contributed by atoms with Gasteiger partial charge in [-0.3, -0.25) is 4.79 Å². The molecule has 2 aliphatic rings. The number of carbonyl (C=O) groups is 1. The van der Waals surface area contributed by atoms with E-state index in [1.807, 2.05) is 0 Å². The zero-order valence-electron chi connectivity index (χ0n) is 21.2. The zero-order chi connectivity index (χ0) is 26.7. The smallest absolute Gasteiger partial charge is 0.323 e. The predicted molar refractivity (Wildman–Crippen MR) is 141 cm³/mol. The standard InChI is InChI=1S/C31H32F4N2O/c32-28-18-27(31(33,34)35)13-14-29(28)37-30(38)25-7-2-5-23(17-25)21-11-9-20(10-12-21)22-4-1-6-24(16-22)26-8-3-15-36-19-26/h1,4,6,9-14,16,18,23,25-26,36H,2-3,5,7-8,15,17,19H2,(H,37,38). The average Bonchev–Trinajstić information content (AvgIpc) is 2.94. The van der Waals surface area contributed by atoms with E-state index in [0.29, 0.717) is 24.8 Å². The molecule has 3 aromatic rings. The van der Waals surface area contributed by atoms with Crippen molar-refractivity contribution < 1.29 is 22.4 Å². The lowest BCUT2D eigenvalue weighted by Gasteiger charge is -2.29. The van der Waals surface area contributed by atoms with Gasteiger partial charge in [0.05, 0.1) is 11.3 Å². The number of rotatable bonds is 5. The van der Waals surface area contributed by atoms with Gasteiger partial charge in [0.25, 0.3) is 0 Å². The Kier molecular flexibility index (Phi) is 7.84. The second kappa shape index (κ2) is 11.3. The fraction of sp³-hybridized carbons (Fsp3) is 0.387.